The van der Waals surface area contributed by atoms with Crippen LogP contribution in [0, 0.1) is 11.3 Å². The van der Waals surface area contributed by atoms with E-state index in [1.54, 1.807) is 13.1 Å². The minimum absolute atomic E-state index is 0.0200. The highest BCUT2D eigenvalue weighted by atomic mass is 16.1. The predicted molar refractivity (Wildman–Crippen MR) is 65.8 cm³/mol. The second-order valence-corrected chi connectivity index (χ2v) is 4.33. The fourth-order valence-electron chi connectivity index (χ4n) is 2.08. The lowest BCUT2D eigenvalue weighted by Gasteiger charge is -2.32. The Bertz CT molecular complexity index is 456. The van der Waals surface area contributed by atoms with Crippen molar-refractivity contribution in [2.75, 3.05) is 18.0 Å². The van der Waals surface area contributed by atoms with Crippen molar-refractivity contribution in [2.45, 2.75) is 25.8 Å². The maximum Gasteiger partial charge on any atom is 0.217 e. The van der Waals surface area contributed by atoms with Crippen LogP contribution in [0.5, 0.6) is 0 Å². The average Bonchev–Trinajstić information content (AvgIpc) is 2.39. The van der Waals surface area contributed by atoms with Crippen LogP contribution >= 0.6 is 0 Å². The maximum absolute atomic E-state index is 11.0. The smallest absolute Gasteiger partial charge is 0.217 e. The third-order valence-electron chi connectivity index (χ3n) is 2.98. The van der Waals surface area contributed by atoms with E-state index < -0.39 is 0 Å². The topological polar surface area (TPSA) is 81.9 Å². The van der Waals surface area contributed by atoms with E-state index in [0.717, 1.165) is 31.7 Å². The summed E-state index contributed by atoms with van der Waals surface area (Å²) in [5.74, 6) is 0.807. The molecule has 1 aromatic heterocycles. The van der Waals surface area contributed by atoms with Crippen LogP contribution in [-0.2, 0) is 4.79 Å². The summed E-state index contributed by atoms with van der Waals surface area (Å²) in [5, 5.41) is 11.6. The van der Waals surface area contributed by atoms with Gasteiger partial charge in [0.1, 0.15) is 11.9 Å². The first kappa shape index (κ1) is 12.3. The largest absolute Gasteiger partial charge is 0.355 e. The fourth-order valence-corrected chi connectivity index (χ4v) is 2.08. The Morgan fingerprint density at radius 2 is 2.17 bits per heavy atom. The van der Waals surface area contributed by atoms with Gasteiger partial charge >= 0.3 is 0 Å². The first-order chi connectivity index (χ1) is 8.69. The first-order valence-corrected chi connectivity index (χ1v) is 5.93. The molecular formula is C12H15N5O. The number of carbonyl (C=O) groups is 1. The number of amides is 1. The SMILES string of the molecule is CC(=O)NC1CCN(c2cnc(C#N)cn2)CC1. The van der Waals surface area contributed by atoms with E-state index in [2.05, 4.69) is 20.2 Å². The summed E-state index contributed by atoms with van der Waals surface area (Å²) in [6, 6.07) is 2.20. The van der Waals surface area contributed by atoms with Gasteiger partial charge in [0, 0.05) is 26.1 Å². The molecular weight excluding hydrogens is 230 g/mol. The van der Waals surface area contributed by atoms with Crippen LogP contribution in [0.25, 0.3) is 0 Å². The maximum atomic E-state index is 11.0. The second-order valence-electron chi connectivity index (χ2n) is 4.33. The number of aromatic nitrogens is 2. The van der Waals surface area contributed by atoms with Gasteiger partial charge in [0.15, 0.2) is 5.69 Å². The highest BCUT2D eigenvalue weighted by Crippen LogP contribution is 2.16. The van der Waals surface area contributed by atoms with Crippen molar-refractivity contribution in [3.8, 4) is 6.07 Å². The van der Waals surface area contributed by atoms with Crippen LogP contribution < -0.4 is 10.2 Å². The van der Waals surface area contributed by atoms with E-state index in [9.17, 15) is 4.79 Å². The molecule has 1 amide bonds. The zero-order chi connectivity index (χ0) is 13.0. The molecule has 1 fully saturated rings. The van der Waals surface area contributed by atoms with Crippen molar-refractivity contribution in [3.63, 3.8) is 0 Å². The van der Waals surface area contributed by atoms with Gasteiger partial charge in [-0.05, 0) is 12.8 Å². The Morgan fingerprint density at radius 1 is 1.44 bits per heavy atom. The summed E-state index contributed by atoms with van der Waals surface area (Å²) in [6.07, 6.45) is 4.91. The van der Waals surface area contributed by atoms with E-state index in [-0.39, 0.29) is 11.9 Å². The minimum Gasteiger partial charge on any atom is -0.355 e. The fraction of sp³-hybridized carbons (Fsp3) is 0.500. The Labute approximate surface area is 106 Å². The lowest BCUT2D eigenvalue weighted by molar-refractivity contribution is -0.119. The summed E-state index contributed by atoms with van der Waals surface area (Å²) < 4.78 is 0. The van der Waals surface area contributed by atoms with E-state index >= 15 is 0 Å². The summed E-state index contributed by atoms with van der Waals surface area (Å²) >= 11 is 0. The normalized spacial score (nSPS) is 16.1. The predicted octanol–water partition coefficient (Wildman–Crippen LogP) is 0.453. The van der Waals surface area contributed by atoms with Crippen LogP contribution in [0.4, 0.5) is 5.82 Å². The molecule has 1 aromatic rings. The minimum atomic E-state index is 0.0200. The van der Waals surface area contributed by atoms with Gasteiger partial charge in [-0.25, -0.2) is 9.97 Å². The Balaban J connectivity index is 1.93. The van der Waals surface area contributed by atoms with Gasteiger partial charge in [0.2, 0.25) is 5.91 Å². The van der Waals surface area contributed by atoms with Gasteiger partial charge in [0.25, 0.3) is 0 Å². The van der Waals surface area contributed by atoms with Gasteiger partial charge in [0.05, 0.1) is 12.4 Å². The Hall–Kier alpha value is -2.16. The first-order valence-electron chi connectivity index (χ1n) is 5.93. The molecule has 0 atom stereocenters. The Kier molecular flexibility index (Phi) is 3.72. The van der Waals surface area contributed by atoms with Crippen molar-refractivity contribution in [2.24, 2.45) is 0 Å². The van der Waals surface area contributed by atoms with Crippen LogP contribution in [0.15, 0.2) is 12.4 Å². The van der Waals surface area contributed by atoms with Crippen LogP contribution in [0.2, 0.25) is 0 Å². The highest BCUT2D eigenvalue weighted by molar-refractivity contribution is 5.73. The lowest BCUT2D eigenvalue weighted by Crippen LogP contribution is -2.44. The molecule has 0 aromatic carbocycles. The third-order valence-corrected chi connectivity index (χ3v) is 2.98. The molecule has 6 heteroatoms. The molecule has 0 spiro atoms. The number of nitriles is 1. The summed E-state index contributed by atoms with van der Waals surface area (Å²) in [6.45, 7) is 3.22. The molecule has 0 radical (unpaired) electrons. The van der Waals surface area contributed by atoms with Gasteiger partial charge < -0.3 is 10.2 Å². The van der Waals surface area contributed by atoms with E-state index in [4.69, 9.17) is 5.26 Å². The van der Waals surface area contributed by atoms with Gasteiger partial charge in [-0.3, -0.25) is 4.79 Å². The molecule has 0 unspecified atom stereocenters. The molecule has 0 saturated carbocycles. The van der Waals surface area contributed by atoms with Crippen molar-refractivity contribution in [1.82, 2.24) is 15.3 Å². The molecule has 94 valence electrons. The van der Waals surface area contributed by atoms with Gasteiger partial charge in [-0.2, -0.15) is 5.26 Å². The summed E-state index contributed by atoms with van der Waals surface area (Å²) in [7, 11) is 0. The van der Waals surface area contributed by atoms with Crippen LogP contribution in [-0.4, -0.2) is 35.0 Å². The lowest BCUT2D eigenvalue weighted by atomic mass is 10.1. The molecule has 2 rings (SSSR count). The number of piperidine rings is 1. The molecule has 1 aliphatic rings. The molecule has 6 nitrogen and oxygen atoms in total. The molecule has 1 saturated heterocycles. The molecule has 1 aliphatic heterocycles. The summed E-state index contributed by atoms with van der Waals surface area (Å²) in [5.41, 5.74) is 0.326. The van der Waals surface area contributed by atoms with Crippen molar-refractivity contribution in [3.05, 3.63) is 18.1 Å². The number of rotatable bonds is 2. The number of hydrogen-bond acceptors (Lipinski definition) is 5. The number of hydrogen-bond donors (Lipinski definition) is 1. The summed E-state index contributed by atoms with van der Waals surface area (Å²) in [4.78, 5) is 21.3. The van der Waals surface area contributed by atoms with Crippen molar-refractivity contribution < 1.29 is 4.79 Å². The third kappa shape index (κ3) is 2.94. The van der Waals surface area contributed by atoms with E-state index in [0.29, 0.717) is 5.69 Å². The number of nitrogens with one attached hydrogen (secondary N) is 1. The molecule has 2 heterocycles. The zero-order valence-corrected chi connectivity index (χ0v) is 10.3. The highest BCUT2D eigenvalue weighted by Gasteiger charge is 2.20. The molecule has 1 N–H and O–H groups in total. The second kappa shape index (κ2) is 5.45. The van der Waals surface area contributed by atoms with Crippen molar-refractivity contribution in [1.29, 1.82) is 5.26 Å². The van der Waals surface area contributed by atoms with Crippen LogP contribution in [0.1, 0.15) is 25.5 Å². The molecule has 18 heavy (non-hydrogen) atoms. The van der Waals surface area contributed by atoms with Gasteiger partial charge in [-0.15, -0.1) is 0 Å². The number of carbonyl (C=O) groups excluding carboxylic acids is 1. The Morgan fingerprint density at radius 3 is 2.67 bits per heavy atom. The average molecular weight is 245 g/mol. The zero-order valence-electron chi connectivity index (χ0n) is 10.3. The van der Waals surface area contributed by atoms with E-state index in [1.165, 1.54) is 6.20 Å². The quantitative estimate of drug-likeness (QED) is 0.818. The molecule has 0 aliphatic carbocycles. The molecule has 0 bridgehead atoms. The number of anilines is 1. The number of nitrogens with zero attached hydrogens (tertiary/aromatic N) is 4. The standard InChI is InChI=1S/C12H15N5O/c1-9(18)16-10-2-4-17(5-3-10)12-8-14-11(6-13)7-15-12/h7-8,10H,2-5H2,1H3,(H,16,18). The van der Waals surface area contributed by atoms with Crippen molar-refractivity contribution >= 4 is 11.7 Å². The van der Waals surface area contributed by atoms with E-state index in [1.807, 2.05) is 6.07 Å². The van der Waals surface area contributed by atoms with Gasteiger partial charge in [-0.1, -0.05) is 0 Å². The van der Waals surface area contributed by atoms with Crippen LogP contribution in [0.3, 0.4) is 0 Å². The monoisotopic (exact) mass is 245 g/mol.